The van der Waals surface area contributed by atoms with E-state index in [9.17, 15) is 4.79 Å². The Morgan fingerprint density at radius 3 is 2.38 bits per heavy atom. The molecule has 0 aliphatic carbocycles. The van der Waals surface area contributed by atoms with Crippen molar-refractivity contribution in [2.75, 3.05) is 46.3 Å². The number of benzene rings is 2. The largest absolute Gasteiger partial charge is 0.495 e. The lowest BCUT2D eigenvalue weighted by molar-refractivity contribution is -0.118. The van der Waals surface area contributed by atoms with Gasteiger partial charge in [0.2, 0.25) is 5.91 Å². The molecule has 2 aromatic carbocycles. The summed E-state index contributed by atoms with van der Waals surface area (Å²) in [6, 6.07) is 9.96. The van der Waals surface area contributed by atoms with Gasteiger partial charge in [-0.1, -0.05) is 35.1 Å². The van der Waals surface area contributed by atoms with E-state index in [1.807, 2.05) is 45.0 Å². The maximum atomic E-state index is 13.5. The van der Waals surface area contributed by atoms with E-state index >= 15 is 0 Å². The number of ether oxygens (including phenoxy) is 2. The van der Waals surface area contributed by atoms with Crippen LogP contribution in [0.5, 0.6) is 11.5 Å². The molecule has 0 unspecified atom stereocenters. The Bertz CT molecular complexity index is 1030. The number of aromatic nitrogens is 1. The molecule has 1 amide bonds. The van der Waals surface area contributed by atoms with E-state index in [1.54, 1.807) is 14.2 Å². The smallest absolute Gasteiger partial charge is 0.233 e. The van der Waals surface area contributed by atoms with Crippen LogP contribution in [0.25, 0.3) is 10.2 Å². The molecule has 6 nitrogen and oxygen atoms in total. The van der Waals surface area contributed by atoms with Crippen LogP contribution >= 0.6 is 23.7 Å². The highest BCUT2D eigenvalue weighted by Gasteiger charge is 2.23. The highest BCUT2D eigenvalue weighted by molar-refractivity contribution is 7.22. The van der Waals surface area contributed by atoms with Gasteiger partial charge in [-0.25, -0.2) is 4.98 Å². The molecule has 0 fully saturated rings. The van der Waals surface area contributed by atoms with E-state index in [4.69, 9.17) is 14.5 Å². The zero-order valence-corrected chi connectivity index (χ0v) is 21.2. The summed E-state index contributed by atoms with van der Waals surface area (Å²) in [5.74, 6) is 1.45. The standard InChI is InChI=1S/C24H31N3O3S.ClH/c1-16-8-9-17(2)18(14-16)15-21(28)27(13-7-12-26(3)4)24-25-22-19(29-5)10-11-20(30-6)23(22)31-24;/h8-11,14H,7,12-13,15H2,1-6H3;1H. The topological polar surface area (TPSA) is 54.9 Å². The van der Waals surface area contributed by atoms with Gasteiger partial charge in [0.1, 0.15) is 21.7 Å². The van der Waals surface area contributed by atoms with Crippen LogP contribution < -0.4 is 14.4 Å². The van der Waals surface area contributed by atoms with Crippen LogP contribution in [0.4, 0.5) is 5.13 Å². The fourth-order valence-electron chi connectivity index (χ4n) is 3.51. The van der Waals surface area contributed by atoms with Crippen molar-refractivity contribution in [2.45, 2.75) is 26.7 Å². The monoisotopic (exact) mass is 477 g/mol. The molecule has 0 spiro atoms. The molecule has 0 saturated carbocycles. The first-order valence-electron chi connectivity index (χ1n) is 10.4. The molecule has 1 heterocycles. The third-order valence-corrected chi connectivity index (χ3v) is 6.36. The number of nitrogens with zero attached hydrogens (tertiary/aromatic N) is 3. The molecule has 8 heteroatoms. The fraction of sp³-hybridized carbons (Fsp3) is 0.417. The number of anilines is 1. The number of hydrogen-bond donors (Lipinski definition) is 0. The van der Waals surface area contributed by atoms with Gasteiger partial charge in [0, 0.05) is 6.54 Å². The lowest BCUT2D eigenvalue weighted by atomic mass is 10.0. The van der Waals surface area contributed by atoms with Gasteiger partial charge < -0.3 is 14.4 Å². The second kappa shape index (κ2) is 11.5. The van der Waals surface area contributed by atoms with E-state index in [2.05, 4.69) is 23.1 Å². The van der Waals surface area contributed by atoms with Crippen molar-refractivity contribution in [3.8, 4) is 11.5 Å². The number of aryl methyl sites for hydroxylation is 2. The number of hydrogen-bond acceptors (Lipinski definition) is 6. The van der Waals surface area contributed by atoms with Crippen molar-refractivity contribution in [3.05, 3.63) is 47.0 Å². The maximum Gasteiger partial charge on any atom is 0.233 e. The number of carbonyl (C=O) groups excluding carboxylic acids is 1. The SMILES string of the molecule is COc1ccc(OC)c2sc(N(CCCN(C)C)C(=O)Cc3cc(C)ccc3C)nc12.Cl. The highest BCUT2D eigenvalue weighted by Crippen LogP contribution is 2.40. The molecular weight excluding hydrogens is 446 g/mol. The van der Waals surface area contributed by atoms with Crippen LogP contribution in [0.2, 0.25) is 0 Å². The summed E-state index contributed by atoms with van der Waals surface area (Å²) >= 11 is 1.47. The van der Waals surface area contributed by atoms with Crippen molar-refractivity contribution >= 4 is 45.0 Å². The third kappa shape index (κ3) is 5.91. The number of amides is 1. The van der Waals surface area contributed by atoms with Gasteiger partial charge in [0.25, 0.3) is 0 Å². The zero-order valence-electron chi connectivity index (χ0n) is 19.6. The second-order valence-corrected chi connectivity index (χ2v) is 8.93. The molecule has 0 N–H and O–H groups in total. The first-order chi connectivity index (χ1) is 14.8. The summed E-state index contributed by atoms with van der Waals surface area (Å²) in [6.07, 6.45) is 1.20. The molecule has 0 saturated heterocycles. The summed E-state index contributed by atoms with van der Waals surface area (Å²) in [4.78, 5) is 22.2. The quantitative estimate of drug-likeness (QED) is 0.439. The Hall–Kier alpha value is -2.35. The molecule has 0 bridgehead atoms. The lowest BCUT2D eigenvalue weighted by Gasteiger charge is -2.21. The summed E-state index contributed by atoms with van der Waals surface area (Å²) in [7, 11) is 7.34. The maximum absolute atomic E-state index is 13.5. The molecule has 0 atom stereocenters. The van der Waals surface area contributed by atoms with Gasteiger partial charge in [-0.2, -0.15) is 0 Å². The van der Waals surface area contributed by atoms with Crippen molar-refractivity contribution < 1.29 is 14.3 Å². The molecule has 1 aromatic heterocycles. The first kappa shape index (κ1) is 25.9. The normalized spacial score (nSPS) is 10.8. The number of thiazole rings is 1. The molecule has 174 valence electrons. The van der Waals surface area contributed by atoms with Gasteiger partial charge >= 0.3 is 0 Å². The number of methoxy groups -OCH3 is 2. The highest BCUT2D eigenvalue weighted by atomic mass is 35.5. The lowest BCUT2D eigenvalue weighted by Crippen LogP contribution is -2.34. The predicted octanol–water partition coefficient (Wildman–Crippen LogP) is 4.88. The molecule has 0 aliphatic heterocycles. The summed E-state index contributed by atoms with van der Waals surface area (Å²) in [6.45, 7) is 5.59. The van der Waals surface area contributed by atoms with Gasteiger partial charge in [0.15, 0.2) is 5.13 Å². The van der Waals surface area contributed by atoms with E-state index in [1.165, 1.54) is 11.3 Å². The Kier molecular flexibility index (Phi) is 9.31. The molecule has 0 radical (unpaired) electrons. The number of fused-ring (bicyclic) bond motifs is 1. The fourth-order valence-corrected chi connectivity index (χ4v) is 4.63. The minimum Gasteiger partial charge on any atom is -0.495 e. The predicted molar refractivity (Wildman–Crippen MR) is 135 cm³/mol. The third-order valence-electron chi connectivity index (χ3n) is 5.26. The van der Waals surface area contributed by atoms with Gasteiger partial charge in [0.05, 0.1) is 20.6 Å². The van der Waals surface area contributed by atoms with E-state index in [-0.39, 0.29) is 18.3 Å². The summed E-state index contributed by atoms with van der Waals surface area (Å²) in [5.41, 5.74) is 4.06. The zero-order chi connectivity index (χ0) is 22.5. The Morgan fingerprint density at radius 1 is 1.03 bits per heavy atom. The van der Waals surface area contributed by atoms with E-state index in [0.29, 0.717) is 23.8 Å². The van der Waals surface area contributed by atoms with Crippen LogP contribution in [0.15, 0.2) is 30.3 Å². The summed E-state index contributed by atoms with van der Waals surface area (Å²) < 4.78 is 11.9. The molecule has 0 aliphatic rings. The number of halogens is 1. The van der Waals surface area contributed by atoms with Crippen molar-refractivity contribution in [1.82, 2.24) is 9.88 Å². The van der Waals surface area contributed by atoms with Gasteiger partial charge in [-0.05, 0) is 64.2 Å². The van der Waals surface area contributed by atoms with Crippen molar-refractivity contribution in [3.63, 3.8) is 0 Å². The number of rotatable bonds is 9. The van der Waals surface area contributed by atoms with Crippen LogP contribution in [0.1, 0.15) is 23.1 Å². The molecule has 3 aromatic rings. The Labute approximate surface area is 200 Å². The molecular formula is C24H32ClN3O3S. The minimum absolute atomic E-state index is 0. The first-order valence-corrected chi connectivity index (χ1v) is 11.2. The number of carbonyl (C=O) groups is 1. The average Bonchev–Trinajstić information content (AvgIpc) is 3.17. The van der Waals surface area contributed by atoms with Crippen LogP contribution in [0.3, 0.4) is 0 Å². The van der Waals surface area contributed by atoms with Crippen LogP contribution in [0, 0.1) is 13.8 Å². The van der Waals surface area contributed by atoms with Gasteiger partial charge in [-0.15, -0.1) is 12.4 Å². The van der Waals surface area contributed by atoms with E-state index in [0.717, 1.165) is 45.6 Å². The minimum atomic E-state index is 0. The Morgan fingerprint density at radius 2 is 1.72 bits per heavy atom. The van der Waals surface area contributed by atoms with Crippen molar-refractivity contribution in [1.29, 1.82) is 0 Å². The average molecular weight is 478 g/mol. The van der Waals surface area contributed by atoms with E-state index < -0.39 is 0 Å². The van der Waals surface area contributed by atoms with Crippen molar-refractivity contribution in [2.24, 2.45) is 0 Å². The molecule has 32 heavy (non-hydrogen) atoms. The summed E-state index contributed by atoms with van der Waals surface area (Å²) in [5, 5.41) is 0.673. The second-order valence-electron chi connectivity index (χ2n) is 7.95. The van der Waals surface area contributed by atoms with Crippen LogP contribution in [-0.4, -0.2) is 57.2 Å². The molecule has 3 rings (SSSR count). The Balaban J connectivity index is 0.00000363. The van der Waals surface area contributed by atoms with Gasteiger partial charge in [-0.3, -0.25) is 9.69 Å². The van der Waals surface area contributed by atoms with Crippen LogP contribution in [-0.2, 0) is 11.2 Å².